The zero-order valence-electron chi connectivity index (χ0n) is 11.3. The number of allylic oxidation sites excluding steroid dienone is 1. The van der Waals surface area contributed by atoms with Gasteiger partial charge >= 0.3 is 0 Å². The summed E-state index contributed by atoms with van der Waals surface area (Å²) in [4.78, 5) is 17.3. The van der Waals surface area contributed by atoms with Crippen molar-refractivity contribution in [1.82, 2.24) is 9.55 Å². The van der Waals surface area contributed by atoms with Crippen molar-refractivity contribution >= 4 is 28.2 Å². The Balaban J connectivity index is 2.33. The quantitative estimate of drug-likeness (QED) is 0.945. The molecule has 0 aliphatic heterocycles. The number of halogens is 1. The van der Waals surface area contributed by atoms with Crippen LogP contribution in [-0.4, -0.2) is 9.55 Å². The Morgan fingerprint density at radius 2 is 2.30 bits per heavy atom. The number of nitrogens with zero attached hydrogens (tertiary/aromatic N) is 2. The van der Waals surface area contributed by atoms with Crippen molar-refractivity contribution in [3.63, 3.8) is 0 Å². The summed E-state index contributed by atoms with van der Waals surface area (Å²) in [6.45, 7) is 1.81. The third kappa shape index (κ3) is 2.20. The van der Waals surface area contributed by atoms with Crippen molar-refractivity contribution in [2.75, 3.05) is 0 Å². The van der Waals surface area contributed by atoms with Crippen LogP contribution < -0.4 is 11.3 Å². The van der Waals surface area contributed by atoms with Crippen molar-refractivity contribution in [2.45, 2.75) is 26.2 Å². The van der Waals surface area contributed by atoms with E-state index >= 15 is 0 Å². The number of aromatic nitrogens is 2. The third-order valence-electron chi connectivity index (χ3n) is 3.68. The first-order valence-electron chi connectivity index (χ1n) is 6.71. The van der Waals surface area contributed by atoms with E-state index in [0.717, 1.165) is 12.2 Å². The molecular formula is C15H16ClN3O. The number of fused-ring (bicyclic) bond motifs is 1. The van der Waals surface area contributed by atoms with Gasteiger partial charge in [-0.2, -0.15) is 0 Å². The van der Waals surface area contributed by atoms with E-state index in [4.69, 9.17) is 17.3 Å². The van der Waals surface area contributed by atoms with Crippen molar-refractivity contribution in [1.29, 1.82) is 0 Å². The molecule has 1 heterocycles. The van der Waals surface area contributed by atoms with E-state index in [1.165, 1.54) is 19.0 Å². The second-order valence-corrected chi connectivity index (χ2v) is 5.67. The number of nitrogens with two attached hydrogens (primary N) is 1. The highest BCUT2D eigenvalue weighted by molar-refractivity contribution is 6.35. The SMILES string of the molecule is C/C(=C\N)n1c(CC2CC2)nc2cccc(Cl)c2c1=O. The topological polar surface area (TPSA) is 60.9 Å². The maximum atomic E-state index is 12.7. The molecule has 1 aromatic heterocycles. The van der Waals surface area contributed by atoms with Crippen LogP contribution in [0.2, 0.25) is 5.02 Å². The lowest BCUT2D eigenvalue weighted by atomic mass is 10.2. The zero-order valence-corrected chi connectivity index (χ0v) is 12.0. The van der Waals surface area contributed by atoms with Crippen LogP contribution in [0.5, 0.6) is 0 Å². The van der Waals surface area contributed by atoms with Crippen LogP contribution in [0.3, 0.4) is 0 Å². The van der Waals surface area contributed by atoms with Gasteiger partial charge in [-0.25, -0.2) is 4.98 Å². The Morgan fingerprint density at radius 1 is 1.55 bits per heavy atom. The average molecular weight is 290 g/mol. The summed E-state index contributed by atoms with van der Waals surface area (Å²) in [5.74, 6) is 1.40. The van der Waals surface area contributed by atoms with Gasteiger partial charge in [-0.05, 0) is 37.8 Å². The number of hydrogen-bond acceptors (Lipinski definition) is 3. The molecule has 0 unspecified atom stereocenters. The van der Waals surface area contributed by atoms with Gasteiger partial charge in [-0.15, -0.1) is 0 Å². The molecule has 3 rings (SSSR count). The number of benzene rings is 1. The minimum Gasteiger partial charge on any atom is -0.403 e. The summed E-state index contributed by atoms with van der Waals surface area (Å²) in [6, 6.07) is 5.35. The van der Waals surface area contributed by atoms with Crippen LogP contribution in [0.25, 0.3) is 16.6 Å². The van der Waals surface area contributed by atoms with Crippen molar-refractivity contribution < 1.29 is 0 Å². The summed E-state index contributed by atoms with van der Waals surface area (Å²) < 4.78 is 1.59. The molecule has 0 spiro atoms. The van der Waals surface area contributed by atoms with Gasteiger partial charge in [0.15, 0.2) is 0 Å². The van der Waals surface area contributed by atoms with Crippen LogP contribution >= 0.6 is 11.6 Å². The molecule has 0 atom stereocenters. The van der Waals surface area contributed by atoms with Gasteiger partial charge in [0.1, 0.15) is 5.82 Å². The summed E-state index contributed by atoms with van der Waals surface area (Å²) >= 11 is 6.15. The minimum absolute atomic E-state index is 0.143. The van der Waals surface area contributed by atoms with Crippen LogP contribution in [0.1, 0.15) is 25.6 Å². The average Bonchev–Trinajstić information content (AvgIpc) is 3.22. The molecule has 0 radical (unpaired) electrons. The van der Waals surface area contributed by atoms with Gasteiger partial charge in [-0.3, -0.25) is 9.36 Å². The van der Waals surface area contributed by atoms with E-state index in [-0.39, 0.29) is 5.56 Å². The fraction of sp³-hybridized carbons (Fsp3) is 0.333. The molecule has 0 saturated heterocycles. The second-order valence-electron chi connectivity index (χ2n) is 5.26. The molecule has 0 amide bonds. The molecule has 5 heteroatoms. The molecule has 1 aromatic carbocycles. The monoisotopic (exact) mass is 289 g/mol. The molecule has 1 fully saturated rings. The molecular weight excluding hydrogens is 274 g/mol. The van der Waals surface area contributed by atoms with Crippen LogP contribution in [0.15, 0.2) is 29.2 Å². The van der Waals surface area contributed by atoms with Crippen molar-refractivity contribution in [3.05, 3.63) is 45.6 Å². The predicted molar refractivity (Wildman–Crippen MR) is 81.6 cm³/mol. The van der Waals surface area contributed by atoms with Crippen LogP contribution in [0.4, 0.5) is 0 Å². The van der Waals surface area contributed by atoms with Crippen molar-refractivity contribution in [2.24, 2.45) is 11.7 Å². The fourth-order valence-corrected chi connectivity index (χ4v) is 2.64. The first-order chi connectivity index (χ1) is 9.61. The molecule has 4 nitrogen and oxygen atoms in total. The van der Waals surface area contributed by atoms with Crippen molar-refractivity contribution in [3.8, 4) is 0 Å². The fourth-order valence-electron chi connectivity index (χ4n) is 2.39. The molecule has 2 N–H and O–H groups in total. The first-order valence-corrected chi connectivity index (χ1v) is 7.08. The third-order valence-corrected chi connectivity index (χ3v) is 3.99. The lowest BCUT2D eigenvalue weighted by molar-refractivity contribution is 0.732. The maximum Gasteiger partial charge on any atom is 0.267 e. The predicted octanol–water partition coefficient (Wildman–Crippen LogP) is 2.78. The summed E-state index contributed by atoms with van der Waals surface area (Å²) in [6.07, 6.45) is 4.65. The van der Waals surface area contributed by atoms with Gasteiger partial charge in [0.25, 0.3) is 5.56 Å². The lowest BCUT2D eigenvalue weighted by Gasteiger charge is -2.13. The first kappa shape index (κ1) is 13.2. The molecule has 1 aliphatic rings. The Morgan fingerprint density at radius 3 is 2.95 bits per heavy atom. The molecule has 20 heavy (non-hydrogen) atoms. The Labute approximate surface area is 121 Å². The van der Waals surface area contributed by atoms with Gasteiger partial charge in [0.05, 0.1) is 15.9 Å². The summed E-state index contributed by atoms with van der Waals surface area (Å²) in [5, 5.41) is 0.881. The summed E-state index contributed by atoms with van der Waals surface area (Å²) in [5.41, 5.74) is 6.78. The molecule has 1 aliphatic carbocycles. The van der Waals surface area contributed by atoms with Crippen LogP contribution in [0, 0.1) is 5.92 Å². The van der Waals surface area contributed by atoms with E-state index in [1.807, 2.05) is 19.1 Å². The van der Waals surface area contributed by atoms with Gasteiger partial charge in [0, 0.05) is 18.3 Å². The van der Waals surface area contributed by atoms with Gasteiger partial charge in [0.2, 0.25) is 0 Å². The maximum absolute atomic E-state index is 12.7. The molecule has 2 aromatic rings. The van der Waals surface area contributed by atoms with E-state index in [9.17, 15) is 4.79 Å². The smallest absolute Gasteiger partial charge is 0.267 e. The number of hydrogen-bond donors (Lipinski definition) is 1. The largest absolute Gasteiger partial charge is 0.403 e. The van der Waals surface area contributed by atoms with E-state index < -0.39 is 0 Å². The Kier molecular flexibility index (Phi) is 3.26. The normalized spacial score (nSPS) is 15.8. The number of rotatable bonds is 3. The van der Waals surface area contributed by atoms with Gasteiger partial charge < -0.3 is 5.73 Å². The van der Waals surface area contributed by atoms with E-state index in [1.54, 1.807) is 10.6 Å². The molecule has 1 saturated carbocycles. The Hall–Kier alpha value is -1.81. The van der Waals surface area contributed by atoms with Crippen LogP contribution in [-0.2, 0) is 6.42 Å². The molecule has 0 bridgehead atoms. The summed E-state index contributed by atoms with van der Waals surface area (Å²) in [7, 11) is 0. The minimum atomic E-state index is -0.143. The van der Waals surface area contributed by atoms with Gasteiger partial charge in [-0.1, -0.05) is 17.7 Å². The zero-order chi connectivity index (χ0) is 14.3. The van der Waals surface area contributed by atoms with E-state index in [0.29, 0.717) is 27.5 Å². The highest BCUT2D eigenvalue weighted by Crippen LogP contribution is 2.32. The second kappa shape index (κ2) is 4.94. The highest BCUT2D eigenvalue weighted by atomic mass is 35.5. The highest BCUT2D eigenvalue weighted by Gasteiger charge is 2.25. The molecule has 104 valence electrons. The standard InChI is InChI=1S/C15H16ClN3O/c1-9(8-17)19-13(7-10-5-6-10)18-12-4-2-3-11(16)14(12)15(19)20/h2-4,8,10H,5-7,17H2,1H3/b9-8+. The lowest BCUT2D eigenvalue weighted by Crippen LogP contribution is -2.25. The Bertz CT molecular complexity index is 760. The van der Waals surface area contributed by atoms with E-state index in [2.05, 4.69) is 4.98 Å².